The molecule has 0 spiro atoms. The van der Waals surface area contributed by atoms with E-state index < -0.39 is 0 Å². The van der Waals surface area contributed by atoms with E-state index in [0.717, 1.165) is 24.8 Å². The van der Waals surface area contributed by atoms with E-state index in [-0.39, 0.29) is 12.5 Å². The summed E-state index contributed by atoms with van der Waals surface area (Å²) in [5.74, 6) is 0.193. The van der Waals surface area contributed by atoms with Crippen molar-refractivity contribution in [1.29, 1.82) is 0 Å². The molecule has 4 heteroatoms. The second-order valence-electron chi connectivity index (χ2n) is 4.92. The van der Waals surface area contributed by atoms with Gasteiger partial charge in [-0.1, -0.05) is 25.5 Å². The van der Waals surface area contributed by atoms with E-state index in [9.17, 15) is 4.79 Å². The van der Waals surface area contributed by atoms with E-state index in [1.807, 2.05) is 19.1 Å². The SMILES string of the molecule is CCCC(CCO)CNC(=O)c1c(C)cccc1N. The first-order valence-corrected chi connectivity index (χ1v) is 6.84. The maximum absolute atomic E-state index is 12.1. The van der Waals surface area contributed by atoms with Gasteiger partial charge in [-0.05, 0) is 37.3 Å². The van der Waals surface area contributed by atoms with Crippen molar-refractivity contribution < 1.29 is 9.90 Å². The van der Waals surface area contributed by atoms with Crippen LogP contribution in [0.15, 0.2) is 18.2 Å². The van der Waals surface area contributed by atoms with Crippen LogP contribution in [0.4, 0.5) is 5.69 Å². The minimum atomic E-state index is -0.130. The van der Waals surface area contributed by atoms with Crippen molar-refractivity contribution in [2.75, 3.05) is 18.9 Å². The van der Waals surface area contributed by atoms with Gasteiger partial charge in [0, 0.05) is 18.8 Å². The Morgan fingerprint density at radius 3 is 2.74 bits per heavy atom. The van der Waals surface area contributed by atoms with Crippen LogP contribution < -0.4 is 11.1 Å². The van der Waals surface area contributed by atoms with Crippen LogP contribution >= 0.6 is 0 Å². The third-order valence-electron chi connectivity index (χ3n) is 3.32. The van der Waals surface area contributed by atoms with Gasteiger partial charge in [0.1, 0.15) is 0 Å². The predicted octanol–water partition coefficient (Wildman–Crippen LogP) is 2.11. The predicted molar refractivity (Wildman–Crippen MR) is 78.0 cm³/mol. The number of carbonyl (C=O) groups is 1. The van der Waals surface area contributed by atoms with Crippen LogP contribution in [-0.2, 0) is 0 Å². The number of nitrogens with one attached hydrogen (secondary N) is 1. The average molecular weight is 264 g/mol. The Labute approximate surface area is 115 Å². The van der Waals surface area contributed by atoms with Crippen LogP contribution in [0.3, 0.4) is 0 Å². The molecule has 1 rings (SSSR count). The number of anilines is 1. The Bertz CT molecular complexity index is 392. The van der Waals surface area contributed by atoms with Crippen LogP contribution in [0, 0.1) is 12.8 Å². The number of rotatable bonds is 7. The summed E-state index contributed by atoms with van der Waals surface area (Å²) in [6.45, 7) is 4.72. The highest BCUT2D eigenvalue weighted by molar-refractivity contribution is 6.00. The number of carbonyl (C=O) groups excluding carboxylic acids is 1. The quantitative estimate of drug-likeness (QED) is 0.660. The number of hydrogen-bond acceptors (Lipinski definition) is 3. The highest BCUT2D eigenvalue weighted by Gasteiger charge is 2.14. The molecule has 1 aromatic rings. The van der Waals surface area contributed by atoms with Crippen molar-refractivity contribution in [2.45, 2.75) is 33.1 Å². The summed E-state index contributed by atoms with van der Waals surface area (Å²) in [5.41, 5.74) is 7.79. The number of benzene rings is 1. The molecule has 0 saturated carbocycles. The molecule has 19 heavy (non-hydrogen) atoms. The van der Waals surface area contributed by atoms with Gasteiger partial charge >= 0.3 is 0 Å². The number of nitrogens with two attached hydrogens (primary N) is 1. The fourth-order valence-electron chi connectivity index (χ4n) is 2.27. The van der Waals surface area contributed by atoms with Gasteiger partial charge in [-0.25, -0.2) is 0 Å². The van der Waals surface area contributed by atoms with Crippen molar-refractivity contribution >= 4 is 11.6 Å². The molecule has 0 bridgehead atoms. The zero-order valence-corrected chi connectivity index (χ0v) is 11.8. The Morgan fingerprint density at radius 2 is 2.16 bits per heavy atom. The number of aryl methyl sites for hydroxylation is 1. The zero-order chi connectivity index (χ0) is 14.3. The summed E-state index contributed by atoms with van der Waals surface area (Å²) in [6.07, 6.45) is 2.77. The van der Waals surface area contributed by atoms with E-state index in [2.05, 4.69) is 12.2 Å². The fraction of sp³-hybridized carbons (Fsp3) is 0.533. The second kappa shape index (κ2) is 7.79. The van der Waals surface area contributed by atoms with Gasteiger partial charge in [-0.15, -0.1) is 0 Å². The molecule has 1 aromatic carbocycles. The van der Waals surface area contributed by atoms with Crippen molar-refractivity contribution in [1.82, 2.24) is 5.32 Å². The summed E-state index contributed by atoms with van der Waals surface area (Å²) in [5, 5.41) is 11.9. The fourth-order valence-corrected chi connectivity index (χ4v) is 2.27. The van der Waals surface area contributed by atoms with E-state index in [1.165, 1.54) is 0 Å². The molecule has 4 N–H and O–H groups in total. The molecule has 106 valence electrons. The molecule has 0 fully saturated rings. The molecular formula is C15H24N2O2. The van der Waals surface area contributed by atoms with Crippen LogP contribution in [0.1, 0.15) is 42.1 Å². The number of nitrogen functional groups attached to an aromatic ring is 1. The Morgan fingerprint density at radius 1 is 1.42 bits per heavy atom. The molecule has 0 aliphatic heterocycles. The van der Waals surface area contributed by atoms with E-state index >= 15 is 0 Å². The van der Waals surface area contributed by atoms with Gasteiger partial charge in [0.15, 0.2) is 0 Å². The minimum absolute atomic E-state index is 0.130. The lowest BCUT2D eigenvalue weighted by molar-refractivity contribution is 0.0943. The molecule has 0 aromatic heterocycles. The normalized spacial score (nSPS) is 12.2. The average Bonchev–Trinajstić information content (AvgIpc) is 2.36. The Kier molecular flexibility index (Phi) is 6.36. The number of amides is 1. The number of aliphatic hydroxyl groups excluding tert-OH is 1. The van der Waals surface area contributed by atoms with Gasteiger partial charge in [0.25, 0.3) is 5.91 Å². The first kappa shape index (κ1) is 15.5. The van der Waals surface area contributed by atoms with Crippen molar-refractivity contribution in [2.24, 2.45) is 5.92 Å². The minimum Gasteiger partial charge on any atom is -0.398 e. The summed E-state index contributed by atoms with van der Waals surface area (Å²) in [4.78, 5) is 12.1. The first-order chi connectivity index (χ1) is 9.10. The van der Waals surface area contributed by atoms with Crippen LogP contribution in [0.5, 0.6) is 0 Å². The molecule has 0 saturated heterocycles. The summed E-state index contributed by atoms with van der Waals surface area (Å²) >= 11 is 0. The molecule has 1 amide bonds. The van der Waals surface area contributed by atoms with Crippen LogP contribution in [0.2, 0.25) is 0 Å². The molecule has 0 aliphatic rings. The van der Waals surface area contributed by atoms with Crippen molar-refractivity contribution in [3.05, 3.63) is 29.3 Å². The van der Waals surface area contributed by atoms with Gasteiger partial charge in [0.2, 0.25) is 0 Å². The van der Waals surface area contributed by atoms with E-state index in [1.54, 1.807) is 6.07 Å². The molecular weight excluding hydrogens is 240 g/mol. The largest absolute Gasteiger partial charge is 0.398 e. The van der Waals surface area contributed by atoms with Crippen LogP contribution in [-0.4, -0.2) is 24.2 Å². The highest BCUT2D eigenvalue weighted by atomic mass is 16.3. The van der Waals surface area contributed by atoms with Gasteiger partial charge in [-0.3, -0.25) is 4.79 Å². The van der Waals surface area contributed by atoms with Crippen molar-refractivity contribution in [3.8, 4) is 0 Å². The smallest absolute Gasteiger partial charge is 0.253 e. The van der Waals surface area contributed by atoms with Gasteiger partial charge in [0.05, 0.1) is 5.56 Å². The summed E-state index contributed by atoms with van der Waals surface area (Å²) in [7, 11) is 0. The third-order valence-corrected chi connectivity index (χ3v) is 3.32. The number of hydrogen-bond donors (Lipinski definition) is 3. The van der Waals surface area contributed by atoms with Crippen molar-refractivity contribution in [3.63, 3.8) is 0 Å². The molecule has 1 unspecified atom stereocenters. The molecule has 0 aliphatic carbocycles. The summed E-state index contributed by atoms with van der Waals surface area (Å²) in [6, 6.07) is 5.45. The topological polar surface area (TPSA) is 75.3 Å². The lowest BCUT2D eigenvalue weighted by Crippen LogP contribution is -2.30. The van der Waals surface area contributed by atoms with Crippen LogP contribution in [0.25, 0.3) is 0 Å². The third kappa shape index (κ3) is 4.56. The molecule has 0 heterocycles. The molecule has 4 nitrogen and oxygen atoms in total. The highest BCUT2D eigenvalue weighted by Crippen LogP contribution is 2.16. The first-order valence-electron chi connectivity index (χ1n) is 6.84. The molecule has 0 radical (unpaired) electrons. The summed E-state index contributed by atoms with van der Waals surface area (Å²) < 4.78 is 0. The second-order valence-corrected chi connectivity index (χ2v) is 4.92. The number of aliphatic hydroxyl groups is 1. The standard InChI is InChI=1S/C15H24N2O2/c1-3-5-12(8-9-18)10-17-15(19)14-11(2)6-4-7-13(14)16/h4,6-7,12,18H,3,5,8-10,16H2,1-2H3,(H,17,19). The monoisotopic (exact) mass is 264 g/mol. The van der Waals surface area contributed by atoms with E-state index in [4.69, 9.17) is 10.8 Å². The Hall–Kier alpha value is -1.55. The zero-order valence-electron chi connectivity index (χ0n) is 11.8. The van der Waals surface area contributed by atoms with E-state index in [0.29, 0.717) is 23.7 Å². The maximum Gasteiger partial charge on any atom is 0.253 e. The maximum atomic E-state index is 12.1. The lowest BCUT2D eigenvalue weighted by atomic mass is 9.99. The molecule has 1 atom stereocenters. The Balaban J connectivity index is 2.64. The van der Waals surface area contributed by atoms with Gasteiger partial charge < -0.3 is 16.2 Å². The van der Waals surface area contributed by atoms with Gasteiger partial charge in [-0.2, -0.15) is 0 Å². The lowest BCUT2D eigenvalue weighted by Gasteiger charge is -2.16.